The first-order valence-corrected chi connectivity index (χ1v) is 14.3. The monoisotopic (exact) mass is 508 g/mol. The highest BCUT2D eigenvalue weighted by Crippen LogP contribution is 2.57. The zero-order valence-corrected chi connectivity index (χ0v) is 22.0. The molecule has 1 amide bonds. The zero-order valence-electron chi connectivity index (χ0n) is 22.0. The van der Waals surface area contributed by atoms with Crippen LogP contribution in [-0.2, 0) is 17.7 Å². The van der Waals surface area contributed by atoms with Crippen LogP contribution in [0.3, 0.4) is 0 Å². The fourth-order valence-corrected chi connectivity index (χ4v) is 6.72. The van der Waals surface area contributed by atoms with Gasteiger partial charge in [-0.3, -0.25) is 9.48 Å². The molecule has 2 aromatic heterocycles. The van der Waals surface area contributed by atoms with Crippen molar-refractivity contribution in [1.29, 1.82) is 0 Å². The van der Waals surface area contributed by atoms with Gasteiger partial charge < -0.3 is 19.5 Å². The predicted molar refractivity (Wildman–Crippen MR) is 139 cm³/mol. The highest BCUT2D eigenvalue weighted by atomic mass is 16.5. The predicted octanol–water partition coefficient (Wildman–Crippen LogP) is 3.89. The number of aliphatic hydroxyl groups excluding tert-OH is 1. The van der Waals surface area contributed by atoms with Gasteiger partial charge in [-0.1, -0.05) is 6.07 Å². The van der Waals surface area contributed by atoms with E-state index in [0.717, 1.165) is 68.1 Å². The van der Waals surface area contributed by atoms with Gasteiger partial charge in [0.2, 0.25) is 5.88 Å². The molecule has 2 aromatic rings. The standard InChI is InChI=1S/C29H40N4O4/c1-19-3-2-11-30-28(19)37-23-6-4-20(5-7-23)8-14-33-25-18-21-17-24(21)26(25)27(31-33)29(35)32-12-9-22(10-13-32)36-16-15-34/h2-3,11,20-24,34H,4-10,12-18H2,1H3/t20?,21-,23?,24-/m1/s1. The van der Waals surface area contributed by atoms with Crippen LogP contribution < -0.4 is 4.74 Å². The van der Waals surface area contributed by atoms with Crippen molar-refractivity contribution in [2.75, 3.05) is 26.3 Å². The number of aryl methyl sites for hydroxylation is 2. The summed E-state index contributed by atoms with van der Waals surface area (Å²) >= 11 is 0. The lowest BCUT2D eigenvalue weighted by Crippen LogP contribution is -2.41. The summed E-state index contributed by atoms with van der Waals surface area (Å²) in [6.45, 7) is 4.78. The van der Waals surface area contributed by atoms with Gasteiger partial charge in [-0.2, -0.15) is 5.10 Å². The number of hydrogen-bond donors (Lipinski definition) is 1. The van der Waals surface area contributed by atoms with Crippen molar-refractivity contribution in [3.05, 3.63) is 40.8 Å². The van der Waals surface area contributed by atoms with Crippen molar-refractivity contribution in [3.63, 3.8) is 0 Å². The molecule has 3 aliphatic carbocycles. The van der Waals surface area contributed by atoms with E-state index in [1.54, 1.807) is 6.20 Å². The lowest BCUT2D eigenvalue weighted by molar-refractivity contribution is -0.00568. The molecule has 8 heteroatoms. The van der Waals surface area contributed by atoms with Gasteiger partial charge in [-0.15, -0.1) is 0 Å². The number of aromatic nitrogens is 3. The molecule has 2 saturated carbocycles. The molecule has 1 saturated heterocycles. The summed E-state index contributed by atoms with van der Waals surface area (Å²) in [6, 6.07) is 4.00. The smallest absolute Gasteiger partial charge is 0.274 e. The van der Waals surface area contributed by atoms with Crippen molar-refractivity contribution in [1.82, 2.24) is 19.7 Å². The van der Waals surface area contributed by atoms with Crippen molar-refractivity contribution in [2.45, 2.75) is 89.4 Å². The lowest BCUT2D eigenvalue weighted by Gasteiger charge is -2.31. The average Bonchev–Trinajstić information content (AvgIpc) is 3.44. The van der Waals surface area contributed by atoms with Crippen LogP contribution in [0.15, 0.2) is 18.3 Å². The molecule has 200 valence electrons. The number of piperidine rings is 1. The van der Waals surface area contributed by atoms with Crippen molar-refractivity contribution >= 4 is 5.91 Å². The van der Waals surface area contributed by atoms with Gasteiger partial charge in [0.15, 0.2) is 5.69 Å². The van der Waals surface area contributed by atoms with E-state index in [2.05, 4.69) is 22.7 Å². The third-order valence-corrected chi connectivity index (χ3v) is 9.01. The summed E-state index contributed by atoms with van der Waals surface area (Å²) in [5, 5.41) is 13.9. The molecular formula is C29H40N4O4. The molecule has 0 aromatic carbocycles. The second-order valence-corrected chi connectivity index (χ2v) is 11.5. The Hall–Kier alpha value is -2.45. The summed E-state index contributed by atoms with van der Waals surface area (Å²) < 4.78 is 14.1. The first-order chi connectivity index (χ1) is 18.1. The zero-order chi connectivity index (χ0) is 25.4. The van der Waals surface area contributed by atoms with Gasteiger partial charge in [-0.25, -0.2) is 4.98 Å². The van der Waals surface area contributed by atoms with Crippen LogP contribution in [0.5, 0.6) is 5.88 Å². The van der Waals surface area contributed by atoms with Crippen LogP contribution >= 0.6 is 0 Å². The number of hydrogen-bond acceptors (Lipinski definition) is 6. The SMILES string of the molecule is Cc1cccnc1OC1CCC(CCn2nc(C(=O)N3CCC(OCCO)CC3)c3c2C[C@H]2C[C@@H]32)CC1. The fraction of sp³-hybridized carbons (Fsp3) is 0.690. The minimum atomic E-state index is 0.0470. The van der Waals surface area contributed by atoms with Crippen LogP contribution in [-0.4, -0.2) is 69.2 Å². The molecule has 4 aliphatic rings. The number of fused-ring (bicyclic) bond motifs is 3. The molecule has 0 bridgehead atoms. The number of rotatable bonds is 9. The molecule has 2 atom stereocenters. The van der Waals surface area contributed by atoms with Gasteiger partial charge in [0.25, 0.3) is 5.91 Å². The molecular weight excluding hydrogens is 468 g/mol. The Morgan fingerprint density at radius 2 is 1.95 bits per heavy atom. The van der Waals surface area contributed by atoms with E-state index in [-0.39, 0.29) is 24.7 Å². The second kappa shape index (κ2) is 10.7. The number of pyridine rings is 1. The van der Waals surface area contributed by atoms with Gasteiger partial charge in [-0.05, 0) is 88.5 Å². The Balaban J connectivity index is 1.04. The summed E-state index contributed by atoms with van der Waals surface area (Å²) in [7, 11) is 0. The molecule has 1 aliphatic heterocycles. The number of amides is 1. The third-order valence-electron chi connectivity index (χ3n) is 9.01. The number of carbonyl (C=O) groups is 1. The van der Waals surface area contributed by atoms with Crippen molar-refractivity contribution < 1.29 is 19.4 Å². The molecule has 0 unspecified atom stereocenters. The minimum absolute atomic E-state index is 0.0470. The normalized spacial score (nSPS) is 27.1. The van der Waals surface area contributed by atoms with Crippen LogP contribution in [0.1, 0.15) is 84.6 Å². The third kappa shape index (κ3) is 5.28. The van der Waals surface area contributed by atoms with E-state index >= 15 is 0 Å². The van der Waals surface area contributed by atoms with Crippen molar-refractivity contribution in [2.24, 2.45) is 11.8 Å². The van der Waals surface area contributed by atoms with E-state index < -0.39 is 0 Å². The molecule has 6 rings (SSSR count). The average molecular weight is 509 g/mol. The summed E-state index contributed by atoms with van der Waals surface area (Å²) in [4.78, 5) is 19.9. The summed E-state index contributed by atoms with van der Waals surface area (Å²) in [6.07, 6.45) is 11.8. The quantitative estimate of drug-likeness (QED) is 0.553. The van der Waals surface area contributed by atoms with Crippen LogP contribution in [0, 0.1) is 18.8 Å². The topological polar surface area (TPSA) is 89.7 Å². The van der Waals surface area contributed by atoms with Gasteiger partial charge in [0.05, 0.1) is 19.3 Å². The molecule has 3 fully saturated rings. The van der Waals surface area contributed by atoms with Crippen LogP contribution in [0.2, 0.25) is 0 Å². The first kappa shape index (κ1) is 24.9. The van der Waals surface area contributed by atoms with Gasteiger partial charge in [0, 0.05) is 42.7 Å². The highest BCUT2D eigenvalue weighted by Gasteiger charge is 2.50. The van der Waals surface area contributed by atoms with E-state index in [0.29, 0.717) is 31.5 Å². The molecule has 3 heterocycles. The highest BCUT2D eigenvalue weighted by molar-refractivity contribution is 5.94. The largest absolute Gasteiger partial charge is 0.474 e. The van der Waals surface area contributed by atoms with Gasteiger partial charge in [0.1, 0.15) is 6.10 Å². The Labute approximate surface area is 219 Å². The Kier molecular flexibility index (Phi) is 7.21. The number of ether oxygens (including phenoxy) is 2. The minimum Gasteiger partial charge on any atom is -0.474 e. The maximum atomic E-state index is 13.5. The van der Waals surface area contributed by atoms with Crippen LogP contribution in [0.4, 0.5) is 0 Å². The molecule has 1 N–H and O–H groups in total. The number of nitrogens with zero attached hydrogens (tertiary/aromatic N) is 4. The maximum absolute atomic E-state index is 13.5. The fourth-order valence-electron chi connectivity index (χ4n) is 6.72. The summed E-state index contributed by atoms with van der Waals surface area (Å²) in [5.41, 5.74) is 4.41. The summed E-state index contributed by atoms with van der Waals surface area (Å²) in [5.74, 6) is 2.83. The first-order valence-electron chi connectivity index (χ1n) is 14.3. The van der Waals surface area contributed by atoms with Gasteiger partial charge >= 0.3 is 0 Å². The Morgan fingerprint density at radius 1 is 1.14 bits per heavy atom. The number of likely N-dealkylation sites (tertiary alicyclic amines) is 1. The lowest BCUT2D eigenvalue weighted by atomic mass is 9.85. The van der Waals surface area contributed by atoms with E-state index in [1.165, 1.54) is 30.5 Å². The Bertz CT molecular complexity index is 1100. The molecule has 0 radical (unpaired) electrons. The molecule has 37 heavy (non-hydrogen) atoms. The maximum Gasteiger partial charge on any atom is 0.274 e. The van der Waals surface area contributed by atoms with E-state index in [4.69, 9.17) is 19.7 Å². The molecule has 8 nitrogen and oxygen atoms in total. The second-order valence-electron chi connectivity index (χ2n) is 11.5. The number of aliphatic hydroxyl groups is 1. The number of carbonyl (C=O) groups excluding carboxylic acids is 1. The van der Waals surface area contributed by atoms with E-state index in [9.17, 15) is 4.79 Å². The van der Waals surface area contributed by atoms with E-state index in [1.807, 2.05) is 11.0 Å². The van der Waals surface area contributed by atoms with Crippen molar-refractivity contribution in [3.8, 4) is 5.88 Å². The van der Waals surface area contributed by atoms with Crippen LogP contribution in [0.25, 0.3) is 0 Å². The Morgan fingerprint density at radius 3 is 2.70 bits per heavy atom. The molecule has 0 spiro atoms.